The van der Waals surface area contributed by atoms with Gasteiger partial charge in [0.25, 0.3) is 11.7 Å². The van der Waals surface area contributed by atoms with Crippen molar-refractivity contribution in [3.05, 3.63) is 94.8 Å². The number of ketones is 1. The van der Waals surface area contributed by atoms with E-state index in [9.17, 15) is 19.5 Å². The Morgan fingerprint density at radius 2 is 1.75 bits per heavy atom. The van der Waals surface area contributed by atoms with Gasteiger partial charge in [-0.1, -0.05) is 23.7 Å². The molecule has 0 bridgehead atoms. The van der Waals surface area contributed by atoms with Crippen LogP contribution in [-0.2, 0) is 14.4 Å². The normalized spacial score (nSPS) is 17.4. The summed E-state index contributed by atoms with van der Waals surface area (Å²) >= 11 is 6.06. The van der Waals surface area contributed by atoms with Crippen LogP contribution in [0.1, 0.15) is 24.1 Å². The van der Waals surface area contributed by atoms with Crippen LogP contribution in [0.3, 0.4) is 0 Å². The molecule has 1 aromatic heterocycles. The number of hydrogen-bond donors (Lipinski definition) is 2. The number of nitrogens with one attached hydrogen (secondary N) is 1. The van der Waals surface area contributed by atoms with Crippen LogP contribution in [-0.4, -0.2) is 27.7 Å². The number of nitrogens with zero attached hydrogens (tertiary/aromatic N) is 2. The molecule has 2 amide bonds. The Balaban J connectivity index is 1.87. The van der Waals surface area contributed by atoms with Gasteiger partial charge in [0.05, 0.1) is 11.6 Å². The molecule has 2 N–H and O–H groups in total. The number of benzene rings is 2. The Labute approximate surface area is 189 Å². The maximum Gasteiger partial charge on any atom is 0.300 e. The molecule has 2 heterocycles. The van der Waals surface area contributed by atoms with Gasteiger partial charge in [-0.25, -0.2) is 0 Å². The summed E-state index contributed by atoms with van der Waals surface area (Å²) in [5.41, 5.74) is 1.88. The standard InChI is InChI=1S/C24H18ClN3O4/c1-14(29)27-18-5-7-19(8-6-18)28-21(15-9-11-26-12-10-15)20(23(31)24(28)32)22(30)16-3-2-4-17(25)13-16/h2-13,21,30H,1H3,(H,27,29)/b22-20-. The van der Waals surface area contributed by atoms with Gasteiger partial charge in [-0.3, -0.25) is 24.3 Å². The number of Topliss-reactive ketones (excluding diaryl/α,β-unsaturated/α-hetero) is 1. The maximum absolute atomic E-state index is 13.1. The second kappa shape index (κ2) is 8.64. The minimum absolute atomic E-state index is 0.0468. The zero-order valence-corrected chi connectivity index (χ0v) is 17.7. The van der Waals surface area contributed by atoms with Crippen molar-refractivity contribution in [1.82, 2.24) is 4.98 Å². The highest BCUT2D eigenvalue weighted by Gasteiger charge is 2.46. The van der Waals surface area contributed by atoms with Crippen molar-refractivity contribution >= 4 is 46.3 Å². The van der Waals surface area contributed by atoms with Gasteiger partial charge in [0.15, 0.2) is 0 Å². The molecule has 0 saturated carbocycles. The lowest BCUT2D eigenvalue weighted by Gasteiger charge is -2.25. The van der Waals surface area contributed by atoms with E-state index in [1.54, 1.807) is 67.0 Å². The van der Waals surface area contributed by atoms with Crippen LogP contribution >= 0.6 is 11.6 Å². The summed E-state index contributed by atoms with van der Waals surface area (Å²) in [7, 11) is 0. The first-order chi connectivity index (χ1) is 15.4. The molecule has 0 aliphatic carbocycles. The van der Waals surface area contributed by atoms with Crippen molar-refractivity contribution in [2.24, 2.45) is 0 Å². The van der Waals surface area contributed by atoms with Crippen molar-refractivity contribution in [2.75, 3.05) is 10.2 Å². The highest BCUT2D eigenvalue weighted by atomic mass is 35.5. The number of aliphatic hydroxyl groups is 1. The smallest absolute Gasteiger partial charge is 0.300 e. The number of amides is 2. The van der Waals surface area contributed by atoms with E-state index in [0.717, 1.165) is 0 Å². The van der Waals surface area contributed by atoms with Crippen molar-refractivity contribution in [3.63, 3.8) is 0 Å². The van der Waals surface area contributed by atoms with E-state index >= 15 is 0 Å². The second-order valence-corrected chi connectivity index (χ2v) is 7.62. The monoisotopic (exact) mass is 447 g/mol. The number of carbonyl (C=O) groups is 3. The largest absolute Gasteiger partial charge is 0.507 e. The van der Waals surface area contributed by atoms with Crippen LogP contribution in [0.4, 0.5) is 11.4 Å². The van der Waals surface area contributed by atoms with E-state index in [2.05, 4.69) is 10.3 Å². The summed E-state index contributed by atoms with van der Waals surface area (Å²) in [5, 5.41) is 14.1. The third kappa shape index (κ3) is 3.98. The highest BCUT2D eigenvalue weighted by Crippen LogP contribution is 2.42. The van der Waals surface area contributed by atoms with Gasteiger partial charge in [0.1, 0.15) is 5.76 Å². The van der Waals surface area contributed by atoms with Crippen LogP contribution in [0.15, 0.2) is 78.6 Å². The number of carbonyl (C=O) groups excluding carboxylic acids is 3. The second-order valence-electron chi connectivity index (χ2n) is 7.19. The molecule has 32 heavy (non-hydrogen) atoms. The van der Waals surface area contributed by atoms with Crippen LogP contribution in [0.5, 0.6) is 0 Å². The number of anilines is 2. The Kier molecular flexibility index (Phi) is 5.75. The van der Waals surface area contributed by atoms with Crippen LogP contribution < -0.4 is 10.2 Å². The molecule has 1 unspecified atom stereocenters. The van der Waals surface area contributed by atoms with E-state index < -0.39 is 17.7 Å². The molecule has 0 spiro atoms. The van der Waals surface area contributed by atoms with Gasteiger partial charge >= 0.3 is 0 Å². The average molecular weight is 448 g/mol. The van der Waals surface area contributed by atoms with Gasteiger partial charge in [-0.15, -0.1) is 0 Å². The Bertz CT molecular complexity index is 1240. The zero-order chi connectivity index (χ0) is 22.8. The minimum Gasteiger partial charge on any atom is -0.507 e. The quantitative estimate of drug-likeness (QED) is 0.352. The predicted octanol–water partition coefficient (Wildman–Crippen LogP) is 4.32. The molecule has 0 radical (unpaired) electrons. The van der Waals surface area contributed by atoms with Crippen LogP contribution in [0.2, 0.25) is 5.02 Å². The fraction of sp³-hybridized carbons (Fsp3) is 0.0833. The Morgan fingerprint density at radius 1 is 1.06 bits per heavy atom. The molecule has 8 heteroatoms. The number of halogens is 1. The molecule has 1 saturated heterocycles. The fourth-order valence-corrected chi connectivity index (χ4v) is 3.85. The van der Waals surface area contributed by atoms with E-state index in [1.807, 2.05) is 0 Å². The molecule has 4 rings (SSSR count). The number of pyridine rings is 1. The lowest BCUT2D eigenvalue weighted by molar-refractivity contribution is -0.132. The third-order valence-electron chi connectivity index (χ3n) is 5.03. The molecule has 2 aromatic carbocycles. The topological polar surface area (TPSA) is 99.6 Å². The van der Waals surface area contributed by atoms with Crippen molar-refractivity contribution in [3.8, 4) is 0 Å². The van der Waals surface area contributed by atoms with E-state index in [4.69, 9.17) is 11.6 Å². The van der Waals surface area contributed by atoms with Gasteiger partial charge in [-0.2, -0.15) is 0 Å². The molecular weight excluding hydrogens is 430 g/mol. The number of aromatic nitrogens is 1. The van der Waals surface area contributed by atoms with Crippen molar-refractivity contribution in [1.29, 1.82) is 0 Å². The number of hydrogen-bond acceptors (Lipinski definition) is 5. The van der Waals surface area contributed by atoms with E-state index in [1.165, 1.54) is 17.9 Å². The Morgan fingerprint density at radius 3 is 2.38 bits per heavy atom. The predicted molar refractivity (Wildman–Crippen MR) is 121 cm³/mol. The van der Waals surface area contributed by atoms with Gasteiger partial charge in [0.2, 0.25) is 5.91 Å². The molecule has 1 fully saturated rings. The third-order valence-corrected chi connectivity index (χ3v) is 5.27. The molecule has 7 nitrogen and oxygen atoms in total. The lowest BCUT2D eigenvalue weighted by Crippen LogP contribution is -2.29. The van der Waals surface area contributed by atoms with Gasteiger partial charge < -0.3 is 10.4 Å². The summed E-state index contributed by atoms with van der Waals surface area (Å²) < 4.78 is 0. The van der Waals surface area contributed by atoms with E-state index in [-0.39, 0.29) is 17.2 Å². The summed E-state index contributed by atoms with van der Waals surface area (Å²) in [6.45, 7) is 1.39. The molecule has 3 aromatic rings. The number of aliphatic hydroxyl groups excluding tert-OH is 1. The van der Waals surface area contributed by atoms with Crippen molar-refractivity contribution < 1.29 is 19.5 Å². The Hall–Kier alpha value is -3.97. The van der Waals surface area contributed by atoms with Crippen LogP contribution in [0, 0.1) is 0 Å². The highest BCUT2D eigenvalue weighted by molar-refractivity contribution is 6.51. The minimum atomic E-state index is -0.872. The summed E-state index contributed by atoms with van der Waals surface area (Å²) in [6, 6.07) is 15.5. The SMILES string of the molecule is CC(=O)Nc1ccc(N2C(=O)C(=O)/C(=C(\O)c3cccc(Cl)c3)C2c2ccncc2)cc1. The summed E-state index contributed by atoms with van der Waals surface area (Å²) in [4.78, 5) is 42.8. The molecule has 1 aliphatic rings. The summed E-state index contributed by atoms with van der Waals surface area (Å²) in [6.07, 6.45) is 3.10. The van der Waals surface area contributed by atoms with Crippen LogP contribution in [0.25, 0.3) is 5.76 Å². The first-order valence-electron chi connectivity index (χ1n) is 9.71. The number of rotatable bonds is 4. The van der Waals surface area contributed by atoms with Gasteiger partial charge in [0, 0.05) is 41.3 Å². The maximum atomic E-state index is 13.1. The molecule has 160 valence electrons. The van der Waals surface area contributed by atoms with Crippen molar-refractivity contribution in [2.45, 2.75) is 13.0 Å². The lowest BCUT2D eigenvalue weighted by atomic mass is 9.96. The fourth-order valence-electron chi connectivity index (χ4n) is 3.66. The molecule has 1 aliphatic heterocycles. The first-order valence-corrected chi connectivity index (χ1v) is 10.1. The van der Waals surface area contributed by atoms with E-state index in [0.29, 0.717) is 27.5 Å². The van der Waals surface area contributed by atoms with Gasteiger partial charge in [-0.05, 0) is 54.1 Å². The molecular formula is C24H18ClN3O4. The summed E-state index contributed by atoms with van der Waals surface area (Å²) in [5.74, 6) is -2.13. The molecule has 1 atom stereocenters. The average Bonchev–Trinajstić information content (AvgIpc) is 3.05. The zero-order valence-electron chi connectivity index (χ0n) is 16.9. The first kappa shape index (κ1) is 21.3.